The molecule has 0 spiro atoms. The van der Waals surface area contributed by atoms with Gasteiger partial charge in [-0.2, -0.15) is 4.31 Å². The van der Waals surface area contributed by atoms with Crippen molar-refractivity contribution in [1.82, 2.24) is 4.31 Å². The summed E-state index contributed by atoms with van der Waals surface area (Å²) in [5.41, 5.74) is 0. The predicted molar refractivity (Wildman–Crippen MR) is 97.7 cm³/mol. The molecule has 2 aromatic carbocycles. The van der Waals surface area contributed by atoms with E-state index in [-0.39, 0.29) is 21.5 Å². The Morgan fingerprint density at radius 3 is 2.42 bits per heavy atom. The second-order valence-electron chi connectivity index (χ2n) is 6.11. The van der Waals surface area contributed by atoms with E-state index in [1.165, 1.54) is 21.3 Å². The van der Waals surface area contributed by atoms with Crippen LogP contribution < -0.4 is 9.64 Å². The highest BCUT2D eigenvalue weighted by Crippen LogP contribution is 2.24. The van der Waals surface area contributed by atoms with Gasteiger partial charge in [0.1, 0.15) is 18.0 Å². The number of hydrogen-bond acceptors (Lipinski definition) is 3. The van der Waals surface area contributed by atoms with E-state index >= 15 is 0 Å². The van der Waals surface area contributed by atoms with Crippen LogP contribution in [0.4, 0.5) is 4.39 Å². The smallest absolute Gasteiger partial charge is 0.244 e. The third-order valence-corrected chi connectivity index (χ3v) is 6.83. The van der Waals surface area contributed by atoms with Crippen molar-refractivity contribution in [2.24, 2.45) is 0 Å². The molecule has 8 heteroatoms. The summed E-state index contributed by atoms with van der Waals surface area (Å²) < 4.78 is 45.9. The summed E-state index contributed by atoms with van der Waals surface area (Å²) in [6, 6.07) is 12.8. The molecule has 0 atom stereocenters. The highest BCUT2D eigenvalue weighted by molar-refractivity contribution is 7.89. The van der Waals surface area contributed by atoms with Crippen molar-refractivity contribution in [3.05, 3.63) is 59.4 Å². The first-order valence-electron chi connectivity index (χ1n) is 8.44. The van der Waals surface area contributed by atoms with Gasteiger partial charge in [-0.1, -0.05) is 35.9 Å². The second kappa shape index (κ2) is 8.35. The fraction of sp³-hybridized carbons (Fsp3) is 0.333. The molecule has 0 aliphatic carbocycles. The van der Waals surface area contributed by atoms with Crippen molar-refractivity contribution < 1.29 is 22.4 Å². The van der Waals surface area contributed by atoms with Crippen molar-refractivity contribution in [3.8, 4) is 5.75 Å². The van der Waals surface area contributed by atoms with Gasteiger partial charge in [0.15, 0.2) is 11.6 Å². The van der Waals surface area contributed by atoms with Crippen LogP contribution in [0.15, 0.2) is 53.4 Å². The molecule has 0 amide bonds. The van der Waals surface area contributed by atoms with Gasteiger partial charge in [-0.3, -0.25) is 0 Å². The Kier molecular flexibility index (Phi) is 6.13. The number of rotatable bonds is 6. The Hall–Kier alpha value is -1.67. The van der Waals surface area contributed by atoms with Gasteiger partial charge in [0.05, 0.1) is 31.2 Å². The largest absolute Gasteiger partial charge is 0.485 e. The lowest BCUT2D eigenvalue weighted by Gasteiger charge is -2.31. The third-order valence-electron chi connectivity index (χ3n) is 4.43. The molecule has 3 rings (SSSR count). The molecule has 0 saturated carbocycles. The molecule has 0 unspecified atom stereocenters. The van der Waals surface area contributed by atoms with Gasteiger partial charge >= 0.3 is 0 Å². The molecule has 0 radical (unpaired) electrons. The number of ether oxygens (including phenoxy) is 1. The lowest BCUT2D eigenvalue weighted by molar-refractivity contribution is -0.903. The van der Waals surface area contributed by atoms with E-state index in [1.54, 1.807) is 36.4 Å². The van der Waals surface area contributed by atoms with Crippen LogP contribution >= 0.6 is 11.6 Å². The number of halogens is 2. The van der Waals surface area contributed by atoms with E-state index in [4.69, 9.17) is 16.3 Å². The van der Waals surface area contributed by atoms with Crippen LogP contribution in [-0.4, -0.2) is 52.1 Å². The molecular formula is C18H21ClFN2O3S+. The molecule has 1 saturated heterocycles. The molecule has 1 heterocycles. The highest BCUT2D eigenvalue weighted by Gasteiger charge is 2.31. The predicted octanol–water partition coefficient (Wildman–Crippen LogP) is 1.45. The van der Waals surface area contributed by atoms with Gasteiger partial charge in [-0.15, -0.1) is 0 Å². The van der Waals surface area contributed by atoms with Crippen LogP contribution in [0.1, 0.15) is 0 Å². The first-order valence-corrected chi connectivity index (χ1v) is 10.3. The number of hydrogen-bond donors (Lipinski definition) is 1. The van der Waals surface area contributed by atoms with Gasteiger partial charge in [0.2, 0.25) is 10.0 Å². The van der Waals surface area contributed by atoms with E-state index in [1.807, 2.05) is 0 Å². The Labute approximate surface area is 158 Å². The van der Waals surface area contributed by atoms with Crippen molar-refractivity contribution in [2.45, 2.75) is 4.90 Å². The molecule has 0 bridgehead atoms. The number of quaternary nitrogens is 1. The van der Waals surface area contributed by atoms with E-state index in [0.717, 1.165) is 0 Å². The van der Waals surface area contributed by atoms with Crippen LogP contribution in [-0.2, 0) is 10.0 Å². The van der Waals surface area contributed by atoms with Gasteiger partial charge in [-0.25, -0.2) is 12.8 Å². The molecular weight excluding hydrogens is 379 g/mol. The summed E-state index contributed by atoms with van der Waals surface area (Å²) in [4.78, 5) is 1.37. The number of para-hydroxylation sites is 1. The first kappa shape index (κ1) is 19.1. The monoisotopic (exact) mass is 399 g/mol. The molecule has 0 aromatic heterocycles. The molecule has 1 aliphatic heterocycles. The van der Waals surface area contributed by atoms with Crippen LogP contribution in [0, 0.1) is 5.82 Å². The maximum absolute atomic E-state index is 13.5. The summed E-state index contributed by atoms with van der Waals surface area (Å²) in [6.07, 6.45) is 0. The Balaban J connectivity index is 1.51. The van der Waals surface area contributed by atoms with Gasteiger partial charge in [-0.05, 0) is 24.3 Å². The zero-order valence-electron chi connectivity index (χ0n) is 14.2. The fourth-order valence-corrected chi connectivity index (χ4v) is 4.89. The number of nitrogens with one attached hydrogen (secondary N) is 1. The van der Waals surface area contributed by atoms with E-state index < -0.39 is 10.0 Å². The maximum atomic E-state index is 13.5. The summed E-state index contributed by atoms with van der Waals surface area (Å²) in [6.45, 7) is 3.25. The molecule has 1 N–H and O–H groups in total. The standard InChI is InChI=1S/C18H20ClFN2O3S/c19-15-5-1-4-8-18(15)26(23,24)22-11-9-21(10-12-22)13-14-25-17-7-3-2-6-16(17)20/h1-8H,9-14H2/p+1. The molecule has 1 fully saturated rings. The fourth-order valence-electron chi connectivity index (χ4n) is 2.95. The third kappa shape index (κ3) is 4.35. The first-order chi connectivity index (χ1) is 12.5. The van der Waals surface area contributed by atoms with Crippen LogP contribution in [0.3, 0.4) is 0 Å². The number of piperazine rings is 1. The lowest BCUT2D eigenvalue weighted by atomic mass is 10.3. The van der Waals surface area contributed by atoms with E-state index in [2.05, 4.69) is 0 Å². The molecule has 26 heavy (non-hydrogen) atoms. The SMILES string of the molecule is O=S(=O)(c1ccccc1Cl)N1CC[NH+](CCOc2ccccc2F)CC1. The van der Waals surface area contributed by atoms with Gasteiger partial charge in [0, 0.05) is 0 Å². The quantitative estimate of drug-likeness (QED) is 0.799. The topological polar surface area (TPSA) is 51.0 Å². The Bertz CT molecular complexity index is 855. The summed E-state index contributed by atoms with van der Waals surface area (Å²) in [5.74, 6) is -0.134. The molecule has 140 valence electrons. The number of benzene rings is 2. The van der Waals surface area contributed by atoms with Crippen LogP contribution in [0.5, 0.6) is 5.75 Å². The minimum absolute atomic E-state index is 0.146. The zero-order valence-corrected chi connectivity index (χ0v) is 15.8. The van der Waals surface area contributed by atoms with Crippen LogP contribution in [0.2, 0.25) is 5.02 Å². The highest BCUT2D eigenvalue weighted by atomic mass is 35.5. The maximum Gasteiger partial charge on any atom is 0.244 e. The zero-order chi connectivity index (χ0) is 18.6. The molecule has 5 nitrogen and oxygen atoms in total. The van der Waals surface area contributed by atoms with Crippen molar-refractivity contribution in [3.63, 3.8) is 0 Å². The average Bonchev–Trinajstić information content (AvgIpc) is 2.64. The number of sulfonamides is 1. The van der Waals surface area contributed by atoms with Crippen molar-refractivity contribution in [2.75, 3.05) is 39.3 Å². The Morgan fingerprint density at radius 1 is 1.08 bits per heavy atom. The minimum atomic E-state index is -3.58. The van der Waals surface area contributed by atoms with E-state index in [0.29, 0.717) is 39.3 Å². The second-order valence-corrected chi connectivity index (χ2v) is 8.43. The van der Waals surface area contributed by atoms with Gasteiger partial charge < -0.3 is 9.64 Å². The number of nitrogens with zero attached hydrogens (tertiary/aromatic N) is 1. The summed E-state index contributed by atoms with van der Waals surface area (Å²) >= 11 is 6.04. The van der Waals surface area contributed by atoms with E-state index in [9.17, 15) is 12.8 Å². The summed E-state index contributed by atoms with van der Waals surface area (Å²) in [7, 11) is -3.58. The summed E-state index contributed by atoms with van der Waals surface area (Å²) in [5, 5.41) is 0.237. The minimum Gasteiger partial charge on any atom is -0.485 e. The molecule has 1 aliphatic rings. The van der Waals surface area contributed by atoms with Crippen molar-refractivity contribution in [1.29, 1.82) is 0 Å². The average molecular weight is 400 g/mol. The lowest BCUT2D eigenvalue weighted by Crippen LogP contribution is -3.15. The normalized spacial score (nSPS) is 16.5. The van der Waals surface area contributed by atoms with Gasteiger partial charge in [0.25, 0.3) is 0 Å². The molecule has 2 aromatic rings. The van der Waals surface area contributed by atoms with Crippen molar-refractivity contribution >= 4 is 21.6 Å². The Morgan fingerprint density at radius 2 is 1.73 bits per heavy atom. The van der Waals surface area contributed by atoms with Crippen LogP contribution in [0.25, 0.3) is 0 Å².